The van der Waals surface area contributed by atoms with Crippen molar-refractivity contribution in [3.63, 3.8) is 0 Å². The molecule has 0 unspecified atom stereocenters. The van der Waals surface area contributed by atoms with Gasteiger partial charge in [0.1, 0.15) is 13.2 Å². The van der Waals surface area contributed by atoms with Gasteiger partial charge in [0.05, 0.1) is 0 Å². The van der Waals surface area contributed by atoms with Crippen LogP contribution in [-0.2, 0) is 0 Å². The van der Waals surface area contributed by atoms with E-state index in [2.05, 4.69) is 17.6 Å². The number of fused-ring (bicyclic) bond motifs is 1. The van der Waals surface area contributed by atoms with E-state index in [4.69, 9.17) is 9.47 Å². The van der Waals surface area contributed by atoms with Crippen molar-refractivity contribution in [2.24, 2.45) is 0 Å². The topological polar surface area (TPSA) is 76.7 Å². The molecular formula is C20H22N2O4. The zero-order chi connectivity index (χ0) is 18.4. The molecular weight excluding hydrogens is 332 g/mol. The second-order valence-corrected chi connectivity index (χ2v) is 6.00. The molecule has 1 aliphatic heterocycles. The number of unbranched alkanes of at least 4 members (excludes halogenated alkanes) is 1. The van der Waals surface area contributed by atoms with Crippen LogP contribution in [0.2, 0.25) is 0 Å². The number of carbonyl (C=O) groups excluding carboxylic acids is 2. The third kappa shape index (κ3) is 4.33. The Bertz CT molecular complexity index is 787. The Kier molecular flexibility index (Phi) is 5.73. The van der Waals surface area contributed by atoms with Crippen LogP contribution >= 0.6 is 0 Å². The quantitative estimate of drug-likeness (QED) is 0.781. The molecule has 2 N–H and O–H groups in total. The fraction of sp³-hybridized carbons (Fsp3) is 0.300. The summed E-state index contributed by atoms with van der Waals surface area (Å²) in [6, 6.07) is 11.9. The van der Waals surface area contributed by atoms with Gasteiger partial charge in [0.2, 0.25) is 0 Å². The molecule has 2 aromatic carbocycles. The van der Waals surface area contributed by atoms with Gasteiger partial charge in [0.15, 0.2) is 11.5 Å². The van der Waals surface area contributed by atoms with E-state index in [1.54, 1.807) is 42.5 Å². The van der Waals surface area contributed by atoms with Crippen LogP contribution in [-0.4, -0.2) is 31.6 Å². The molecule has 0 spiro atoms. The molecule has 0 fully saturated rings. The monoisotopic (exact) mass is 354 g/mol. The number of ether oxygens (including phenoxy) is 2. The minimum atomic E-state index is -0.250. The van der Waals surface area contributed by atoms with Crippen LogP contribution in [0.25, 0.3) is 0 Å². The molecule has 1 heterocycles. The predicted molar refractivity (Wildman–Crippen MR) is 99.1 cm³/mol. The summed E-state index contributed by atoms with van der Waals surface area (Å²) in [5.41, 5.74) is 1.64. The fourth-order valence-electron chi connectivity index (χ4n) is 2.58. The Morgan fingerprint density at radius 3 is 2.27 bits per heavy atom. The fourth-order valence-corrected chi connectivity index (χ4v) is 2.58. The molecule has 0 radical (unpaired) electrons. The van der Waals surface area contributed by atoms with Crippen LogP contribution in [0.4, 0.5) is 5.69 Å². The van der Waals surface area contributed by atoms with Crippen molar-refractivity contribution in [2.75, 3.05) is 25.1 Å². The van der Waals surface area contributed by atoms with Gasteiger partial charge in [-0.1, -0.05) is 13.3 Å². The van der Waals surface area contributed by atoms with Crippen LogP contribution in [0, 0.1) is 0 Å². The molecule has 0 bridgehead atoms. The minimum Gasteiger partial charge on any atom is -0.486 e. The average molecular weight is 354 g/mol. The second-order valence-electron chi connectivity index (χ2n) is 6.00. The summed E-state index contributed by atoms with van der Waals surface area (Å²) in [7, 11) is 0. The number of hydrogen-bond donors (Lipinski definition) is 2. The van der Waals surface area contributed by atoms with E-state index >= 15 is 0 Å². The summed E-state index contributed by atoms with van der Waals surface area (Å²) in [5.74, 6) is 0.915. The van der Waals surface area contributed by atoms with Crippen molar-refractivity contribution in [2.45, 2.75) is 19.8 Å². The number of rotatable bonds is 6. The van der Waals surface area contributed by atoms with Crippen molar-refractivity contribution in [3.05, 3.63) is 53.6 Å². The first-order valence-corrected chi connectivity index (χ1v) is 8.76. The number of nitrogens with one attached hydrogen (secondary N) is 2. The highest BCUT2D eigenvalue weighted by Crippen LogP contribution is 2.32. The van der Waals surface area contributed by atoms with Crippen molar-refractivity contribution in [1.29, 1.82) is 0 Å². The number of carbonyl (C=O) groups is 2. The zero-order valence-electron chi connectivity index (χ0n) is 14.7. The summed E-state index contributed by atoms with van der Waals surface area (Å²) in [5, 5.41) is 5.68. The van der Waals surface area contributed by atoms with Crippen molar-refractivity contribution >= 4 is 17.5 Å². The molecule has 0 aromatic heterocycles. The normalized spacial score (nSPS) is 12.3. The first kappa shape index (κ1) is 17.8. The van der Waals surface area contributed by atoms with Crippen LogP contribution in [0.5, 0.6) is 11.5 Å². The number of benzene rings is 2. The van der Waals surface area contributed by atoms with E-state index in [9.17, 15) is 9.59 Å². The van der Waals surface area contributed by atoms with Gasteiger partial charge >= 0.3 is 0 Å². The molecule has 2 aromatic rings. The second kappa shape index (κ2) is 8.38. The largest absolute Gasteiger partial charge is 0.486 e. The van der Waals surface area contributed by atoms with Crippen molar-refractivity contribution < 1.29 is 19.1 Å². The van der Waals surface area contributed by atoms with E-state index in [0.717, 1.165) is 12.8 Å². The Balaban J connectivity index is 1.62. The number of amides is 2. The summed E-state index contributed by atoms with van der Waals surface area (Å²) >= 11 is 0. The lowest BCUT2D eigenvalue weighted by molar-refractivity contribution is 0.0951. The molecule has 6 heteroatoms. The highest BCUT2D eigenvalue weighted by molar-refractivity contribution is 6.05. The lowest BCUT2D eigenvalue weighted by atomic mass is 10.1. The average Bonchev–Trinajstić information content (AvgIpc) is 2.68. The molecule has 2 amide bonds. The molecule has 0 aliphatic carbocycles. The maximum Gasteiger partial charge on any atom is 0.255 e. The van der Waals surface area contributed by atoms with Gasteiger partial charge in [-0.05, 0) is 42.8 Å². The predicted octanol–water partition coefficient (Wildman–Crippen LogP) is 3.24. The van der Waals surface area contributed by atoms with Crippen LogP contribution in [0.3, 0.4) is 0 Å². The van der Waals surface area contributed by atoms with E-state index < -0.39 is 0 Å². The highest BCUT2D eigenvalue weighted by atomic mass is 16.6. The SMILES string of the molecule is CCCCNC(=O)c1ccc(C(=O)Nc2ccc3c(c2)OCCO3)cc1. The van der Waals surface area contributed by atoms with E-state index in [-0.39, 0.29) is 11.8 Å². The van der Waals surface area contributed by atoms with Gasteiger partial charge in [0, 0.05) is 29.4 Å². The molecule has 0 saturated heterocycles. The lowest BCUT2D eigenvalue weighted by Crippen LogP contribution is -2.24. The van der Waals surface area contributed by atoms with E-state index in [1.165, 1.54) is 0 Å². The lowest BCUT2D eigenvalue weighted by Gasteiger charge is -2.19. The van der Waals surface area contributed by atoms with Crippen LogP contribution in [0.15, 0.2) is 42.5 Å². The number of hydrogen-bond acceptors (Lipinski definition) is 4. The maximum atomic E-state index is 12.4. The van der Waals surface area contributed by atoms with E-state index in [0.29, 0.717) is 48.1 Å². The third-order valence-corrected chi connectivity index (χ3v) is 4.03. The standard InChI is InChI=1S/C20H22N2O4/c1-2-3-10-21-19(23)14-4-6-15(7-5-14)20(24)22-16-8-9-17-18(13-16)26-12-11-25-17/h4-9,13H,2-3,10-12H2,1H3,(H,21,23)(H,22,24). The molecule has 1 aliphatic rings. The van der Waals surface area contributed by atoms with Gasteiger partial charge in [-0.2, -0.15) is 0 Å². The Morgan fingerprint density at radius 1 is 0.923 bits per heavy atom. The highest BCUT2D eigenvalue weighted by Gasteiger charge is 2.14. The molecule has 0 atom stereocenters. The van der Waals surface area contributed by atoms with Gasteiger partial charge in [-0.3, -0.25) is 9.59 Å². The van der Waals surface area contributed by atoms with Crippen LogP contribution in [0.1, 0.15) is 40.5 Å². The summed E-state index contributed by atoms with van der Waals surface area (Å²) in [4.78, 5) is 24.4. The smallest absolute Gasteiger partial charge is 0.255 e. The van der Waals surface area contributed by atoms with Gasteiger partial charge in [-0.15, -0.1) is 0 Å². The maximum absolute atomic E-state index is 12.4. The Labute approximate surface area is 152 Å². The Hall–Kier alpha value is -3.02. The van der Waals surface area contributed by atoms with Gasteiger partial charge in [0.25, 0.3) is 11.8 Å². The van der Waals surface area contributed by atoms with Gasteiger partial charge in [-0.25, -0.2) is 0 Å². The Morgan fingerprint density at radius 2 is 1.58 bits per heavy atom. The summed E-state index contributed by atoms with van der Waals surface area (Å²) in [6.45, 7) is 3.74. The van der Waals surface area contributed by atoms with Crippen LogP contribution < -0.4 is 20.1 Å². The van der Waals surface area contributed by atoms with E-state index in [1.807, 2.05) is 0 Å². The molecule has 3 rings (SSSR count). The first-order chi connectivity index (χ1) is 12.7. The third-order valence-electron chi connectivity index (χ3n) is 4.03. The molecule has 0 saturated carbocycles. The first-order valence-electron chi connectivity index (χ1n) is 8.76. The molecule has 26 heavy (non-hydrogen) atoms. The van der Waals surface area contributed by atoms with Crippen molar-refractivity contribution in [3.8, 4) is 11.5 Å². The van der Waals surface area contributed by atoms with Gasteiger partial charge < -0.3 is 20.1 Å². The number of anilines is 1. The zero-order valence-corrected chi connectivity index (χ0v) is 14.7. The van der Waals surface area contributed by atoms with Crippen molar-refractivity contribution in [1.82, 2.24) is 5.32 Å². The minimum absolute atomic E-state index is 0.128. The molecule has 6 nitrogen and oxygen atoms in total. The molecule has 136 valence electrons. The summed E-state index contributed by atoms with van der Waals surface area (Å²) < 4.78 is 11.0. The summed E-state index contributed by atoms with van der Waals surface area (Å²) in [6.07, 6.45) is 1.97.